The van der Waals surface area contributed by atoms with Gasteiger partial charge in [-0.1, -0.05) is 31.5 Å². The van der Waals surface area contributed by atoms with Gasteiger partial charge in [-0.25, -0.2) is 0 Å². The van der Waals surface area contributed by atoms with E-state index >= 15 is 0 Å². The second-order valence-corrected chi connectivity index (χ2v) is 6.06. The Morgan fingerprint density at radius 1 is 1.33 bits per heavy atom. The summed E-state index contributed by atoms with van der Waals surface area (Å²) in [4.78, 5) is 22.7. The van der Waals surface area contributed by atoms with Crippen LogP contribution in [0.1, 0.15) is 32.3 Å². The molecule has 2 N–H and O–H groups in total. The molecule has 1 aromatic rings. The first-order valence-electron chi connectivity index (χ1n) is 7.42. The van der Waals surface area contributed by atoms with Crippen molar-refractivity contribution in [2.45, 2.75) is 39.3 Å². The van der Waals surface area contributed by atoms with E-state index in [0.29, 0.717) is 5.56 Å². The van der Waals surface area contributed by atoms with Gasteiger partial charge in [0.1, 0.15) is 0 Å². The van der Waals surface area contributed by atoms with Gasteiger partial charge in [-0.05, 0) is 30.5 Å². The zero-order valence-corrected chi connectivity index (χ0v) is 14.0. The lowest BCUT2D eigenvalue weighted by molar-refractivity contribution is -0.178. The van der Waals surface area contributed by atoms with E-state index in [-0.39, 0.29) is 23.6 Å². The Hall–Kier alpha value is -1.76. The van der Waals surface area contributed by atoms with E-state index in [2.05, 4.69) is 5.32 Å². The number of halogens is 4. The number of carbonyl (C=O) groups is 2. The number of nitrogens with one attached hydrogen (secondary N) is 1. The number of carbonyl (C=O) groups excluding carboxylic acids is 1. The fourth-order valence-electron chi connectivity index (χ4n) is 2.15. The first kappa shape index (κ1) is 20.3. The summed E-state index contributed by atoms with van der Waals surface area (Å²) in [6, 6.07) is 4.57. The van der Waals surface area contributed by atoms with Crippen LogP contribution in [-0.2, 0) is 16.0 Å². The standard InChI is InChI=1S/C16H19ClF3NO3/c1-3-11(16(18,19)20)8-14(22)21-13-7-10(4-5-12(13)17)6-9(2)15(23)24/h4-5,7,9,11H,3,6,8H2,1-2H3,(H,21,22)(H,23,24)/t9-,11?/m1/s1. The van der Waals surface area contributed by atoms with Crippen molar-refractivity contribution in [3.05, 3.63) is 28.8 Å². The van der Waals surface area contributed by atoms with Gasteiger partial charge in [0, 0.05) is 6.42 Å². The van der Waals surface area contributed by atoms with Crippen molar-refractivity contribution < 1.29 is 27.9 Å². The van der Waals surface area contributed by atoms with Crippen molar-refractivity contribution in [3.8, 4) is 0 Å². The minimum absolute atomic E-state index is 0.175. The van der Waals surface area contributed by atoms with E-state index in [1.165, 1.54) is 26.0 Å². The van der Waals surface area contributed by atoms with Gasteiger partial charge in [0.25, 0.3) is 0 Å². The predicted molar refractivity (Wildman–Crippen MR) is 85.0 cm³/mol. The number of hydrogen-bond donors (Lipinski definition) is 2. The molecule has 0 aliphatic carbocycles. The summed E-state index contributed by atoms with van der Waals surface area (Å²) in [5, 5.41) is 11.5. The molecule has 0 spiro atoms. The summed E-state index contributed by atoms with van der Waals surface area (Å²) in [5.41, 5.74) is 0.793. The third-order valence-electron chi connectivity index (χ3n) is 3.66. The molecule has 0 heterocycles. The van der Waals surface area contributed by atoms with Gasteiger partial charge in [0.2, 0.25) is 5.91 Å². The van der Waals surface area contributed by atoms with Crippen LogP contribution >= 0.6 is 11.6 Å². The van der Waals surface area contributed by atoms with Crippen molar-refractivity contribution in [2.24, 2.45) is 11.8 Å². The minimum Gasteiger partial charge on any atom is -0.481 e. The van der Waals surface area contributed by atoms with Crippen LogP contribution in [0.25, 0.3) is 0 Å². The van der Waals surface area contributed by atoms with Gasteiger partial charge in [-0.2, -0.15) is 13.2 Å². The zero-order valence-electron chi connectivity index (χ0n) is 13.3. The number of hydrogen-bond acceptors (Lipinski definition) is 2. The van der Waals surface area contributed by atoms with E-state index in [1.807, 2.05) is 0 Å². The highest BCUT2D eigenvalue weighted by Gasteiger charge is 2.39. The second kappa shape index (κ2) is 8.37. The van der Waals surface area contributed by atoms with E-state index < -0.39 is 36.3 Å². The number of benzene rings is 1. The van der Waals surface area contributed by atoms with Gasteiger partial charge in [-0.3, -0.25) is 9.59 Å². The molecule has 0 saturated carbocycles. The summed E-state index contributed by atoms with van der Waals surface area (Å²) < 4.78 is 38.2. The molecule has 1 amide bonds. The van der Waals surface area contributed by atoms with Crippen molar-refractivity contribution in [1.29, 1.82) is 0 Å². The summed E-state index contributed by atoms with van der Waals surface area (Å²) in [6.07, 6.45) is -5.10. The van der Waals surface area contributed by atoms with Gasteiger partial charge < -0.3 is 10.4 Å². The van der Waals surface area contributed by atoms with Crippen LogP contribution in [0.3, 0.4) is 0 Å². The molecule has 2 atom stereocenters. The molecule has 4 nitrogen and oxygen atoms in total. The normalized spacial score (nSPS) is 14.1. The summed E-state index contributed by atoms with van der Waals surface area (Å²) in [7, 11) is 0. The fraction of sp³-hybridized carbons (Fsp3) is 0.500. The number of anilines is 1. The smallest absolute Gasteiger partial charge is 0.392 e. The molecule has 0 aromatic heterocycles. The Kier molecular flexibility index (Phi) is 7.08. The number of carboxylic acids is 1. The molecular formula is C16H19ClF3NO3. The molecule has 1 aromatic carbocycles. The number of aliphatic carboxylic acids is 1. The first-order valence-corrected chi connectivity index (χ1v) is 7.80. The van der Waals surface area contributed by atoms with Crippen LogP contribution in [0.2, 0.25) is 5.02 Å². The first-order chi connectivity index (χ1) is 11.0. The molecule has 134 valence electrons. The summed E-state index contributed by atoms with van der Waals surface area (Å²) in [5.74, 6) is -4.10. The van der Waals surface area contributed by atoms with Crippen molar-refractivity contribution >= 4 is 29.2 Å². The molecule has 1 rings (SSSR count). The van der Waals surface area contributed by atoms with Crippen LogP contribution in [0.4, 0.5) is 18.9 Å². The summed E-state index contributed by atoms with van der Waals surface area (Å²) >= 11 is 5.95. The Labute approximate surface area is 143 Å². The molecule has 0 aliphatic heterocycles. The molecule has 24 heavy (non-hydrogen) atoms. The lowest BCUT2D eigenvalue weighted by atomic mass is 10.00. The molecule has 0 radical (unpaired) electrons. The highest BCUT2D eigenvalue weighted by molar-refractivity contribution is 6.33. The van der Waals surface area contributed by atoms with Gasteiger partial charge in [0.15, 0.2) is 0 Å². The maximum Gasteiger partial charge on any atom is 0.392 e. The quantitative estimate of drug-likeness (QED) is 0.746. The van der Waals surface area contributed by atoms with Gasteiger partial charge >= 0.3 is 12.1 Å². The van der Waals surface area contributed by atoms with E-state index in [4.69, 9.17) is 16.7 Å². The number of rotatable bonds is 7. The molecule has 0 saturated heterocycles. The average Bonchev–Trinajstić information content (AvgIpc) is 2.46. The van der Waals surface area contributed by atoms with Crippen molar-refractivity contribution in [1.82, 2.24) is 0 Å². The Morgan fingerprint density at radius 2 is 1.96 bits per heavy atom. The number of amides is 1. The Balaban J connectivity index is 2.83. The Morgan fingerprint density at radius 3 is 2.46 bits per heavy atom. The highest BCUT2D eigenvalue weighted by atomic mass is 35.5. The fourth-order valence-corrected chi connectivity index (χ4v) is 2.32. The summed E-state index contributed by atoms with van der Waals surface area (Å²) in [6.45, 7) is 2.90. The van der Waals surface area contributed by atoms with E-state index in [0.717, 1.165) is 0 Å². The largest absolute Gasteiger partial charge is 0.481 e. The lowest BCUT2D eigenvalue weighted by Gasteiger charge is -2.18. The monoisotopic (exact) mass is 365 g/mol. The zero-order chi connectivity index (χ0) is 18.5. The SMILES string of the molecule is CCC(CC(=O)Nc1cc(C[C@@H](C)C(=O)O)ccc1Cl)C(F)(F)F. The minimum atomic E-state index is -4.44. The molecule has 0 bridgehead atoms. The van der Waals surface area contributed by atoms with Gasteiger partial charge in [0.05, 0.1) is 22.5 Å². The third kappa shape index (κ3) is 6.03. The predicted octanol–water partition coefficient (Wildman–Crippen LogP) is 4.52. The van der Waals surface area contributed by atoms with Crippen LogP contribution in [0, 0.1) is 11.8 Å². The third-order valence-corrected chi connectivity index (χ3v) is 3.99. The molecule has 1 unspecified atom stereocenters. The maximum absolute atomic E-state index is 12.7. The van der Waals surface area contributed by atoms with E-state index in [1.54, 1.807) is 6.07 Å². The number of carboxylic acid groups (broad SMARTS) is 1. The molecule has 8 heteroatoms. The van der Waals surface area contributed by atoms with Crippen LogP contribution in [0.5, 0.6) is 0 Å². The maximum atomic E-state index is 12.7. The lowest BCUT2D eigenvalue weighted by Crippen LogP contribution is -2.27. The van der Waals surface area contributed by atoms with Crippen LogP contribution in [-0.4, -0.2) is 23.2 Å². The van der Waals surface area contributed by atoms with Crippen molar-refractivity contribution in [2.75, 3.05) is 5.32 Å². The van der Waals surface area contributed by atoms with Crippen LogP contribution in [0.15, 0.2) is 18.2 Å². The second-order valence-electron chi connectivity index (χ2n) is 5.66. The topological polar surface area (TPSA) is 66.4 Å². The highest BCUT2D eigenvalue weighted by Crippen LogP contribution is 2.32. The molecule has 0 aliphatic rings. The van der Waals surface area contributed by atoms with Crippen molar-refractivity contribution in [3.63, 3.8) is 0 Å². The molecular weight excluding hydrogens is 347 g/mol. The van der Waals surface area contributed by atoms with Crippen LogP contribution < -0.4 is 5.32 Å². The van der Waals surface area contributed by atoms with Gasteiger partial charge in [-0.15, -0.1) is 0 Å². The average molecular weight is 366 g/mol. The molecule has 0 fully saturated rings. The van der Waals surface area contributed by atoms with E-state index in [9.17, 15) is 22.8 Å². The number of alkyl halides is 3. The Bertz CT molecular complexity index is 605.